The van der Waals surface area contributed by atoms with Crippen LogP contribution in [0.3, 0.4) is 0 Å². The lowest BCUT2D eigenvalue weighted by atomic mass is 9.95. The molecule has 2 N–H and O–H groups in total. The van der Waals surface area contributed by atoms with Crippen LogP contribution in [-0.2, 0) is 0 Å². The summed E-state index contributed by atoms with van der Waals surface area (Å²) in [4.78, 5) is 0. The van der Waals surface area contributed by atoms with Crippen LogP contribution in [0, 0.1) is 0 Å². The molecule has 3 nitrogen and oxygen atoms in total. The molecule has 1 rings (SSSR count). The lowest BCUT2D eigenvalue weighted by Crippen LogP contribution is -1.98. The van der Waals surface area contributed by atoms with Gasteiger partial charge in [0.25, 0.3) is 0 Å². The second-order valence-corrected chi connectivity index (χ2v) is 3.43. The molecular formula is C10H18N2O. The van der Waals surface area contributed by atoms with Gasteiger partial charge in [0.2, 0.25) is 5.88 Å². The van der Waals surface area contributed by atoms with Crippen molar-refractivity contribution < 1.29 is 4.52 Å². The van der Waals surface area contributed by atoms with Crippen molar-refractivity contribution in [2.45, 2.75) is 45.4 Å². The quantitative estimate of drug-likeness (QED) is 0.761. The van der Waals surface area contributed by atoms with E-state index >= 15 is 0 Å². The molecule has 3 heteroatoms. The van der Waals surface area contributed by atoms with Gasteiger partial charge in [-0.05, 0) is 12.8 Å². The highest BCUT2D eigenvalue weighted by atomic mass is 16.5. The van der Waals surface area contributed by atoms with Gasteiger partial charge in [0.05, 0.1) is 5.69 Å². The third kappa shape index (κ3) is 2.76. The molecule has 0 unspecified atom stereocenters. The van der Waals surface area contributed by atoms with Crippen LogP contribution in [-0.4, -0.2) is 5.16 Å². The SMILES string of the molecule is CCCC(CCC)c1cc(N)on1. The highest BCUT2D eigenvalue weighted by Crippen LogP contribution is 2.26. The first-order chi connectivity index (χ1) is 6.27. The third-order valence-electron chi connectivity index (χ3n) is 2.24. The Kier molecular flexibility index (Phi) is 3.80. The van der Waals surface area contributed by atoms with Crippen LogP contribution in [0.1, 0.15) is 51.1 Å². The number of nitrogens with zero attached hydrogens (tertiary/aromatic N) is 1. The molecule has 0 amide bonds. The molecule has 1 heterocycles. The van der Waals surface area contributed by atoms with Crippen LogP contribution in [0.15, 0.2) is 10.6 Å². The number of anilines is 1. The lowest BCUT2D eigenvalue weighted by molar-refractivity contribution is 0.411. The Labute approximate surface area is 79.3 Å². The highest BCUT2D eigenvalue weighted by Gasteiger charge is 2.13. The van der Waals surface area contributed by atoms with Crippen LogP contribution < -0.4 is 5.73 Å². The van der Waals surface area contributed by atoms with Crippen molar-refractivity contribution in [3.05, 3.63) is 11.8 Å². The van der Waals surface area contributed by atoms with E-state index < -0.39 is 0 Å². The molecule has 0 radical (unpaired) electrons. The Morgan fingerprint density at radius 2 is 2.00 bits per heavy atom. The van der Waals surface area contributed by atoms with Crippen LogP contribution in [0.25, 0.3) is 0 Å². The molecule has 1 aromatic heterocycles. The summed E-state index contributed by atoms with van der Waals surface area (Å²) < 4.78 is 4.87. The van der Waals surface area contributed by atoms with Crippen molar-refractivity contribution in [2.75, 3.05) is 5.73 Å². The number of hydrogen-bond donors (Lipinski definition) is 1. The predicted molar refractivity (Wildman–Crippen MR) is 53.5 cm³/mol. The summed E-state index contributed by atoms with van der Waals surface area (Å²) in [6.07, 6.45) is 4.69. The Hall–Kier alpha value is -0.990. The van der Waals surface area contributed by atoms with Gasteiger partial charge in [-0.25, -0.2) is 0 Å². The van der Waals surface area contributed by atoms with Gasteiger partial charge in [0.15, 0.2) is 0 Å². The van der Waals surface area contributed by atoms with Gasteiger partial charge in [-0.1, -0.05) is 31.8 Å². The topological polar surface area (TPSA) is 52.0 Å². The molecule has 1 aromatic rings. The van der Waals surface area contributed by atoms with Gasteiger partial charge in [0.1, 0.15) is 0 Å². The molecule has 13 heavy (non-hydrogen) atoms. The first-order valence-corrected chi connectivity index (χ1v) is 5.00. The van der Waals surface area contributed by atoms with E-state index in [0.717, 1.165) is 5.69 Å². The van der Waals surface area contributed by atoms with E-state index in [-0.39, 0.29) is 0 Å². The molecule has 0 atom stereocenters. The average molecular weight is 182 g/mol. The average Bonchev–Trinajstić information content (AvgIpc) is 2.51. The minimum atomic E-state index is 0.423. The number of rotatable bonds is 5. The zero-order valence-electron chi connectivity index (χ0n) is 8.42. The molecule has 0 saturated heterocycles. The van der Waals surface area contributed by atoms with Crippen LogP contribution >= 0.6 is 0 Å². The number of nitrogen functional groups attached to an aromatic ring is 1. The summed E-state index contributed by atoms with van der Waals surface area (Å²) in [6.45, 7) is 4.37. The van der Waals surface area contributed by atoms with Crippen molar-refractivity contribution in [3.63, 3.8) is 0 Å². The van der Waals surface area contributed by atoms with Crippen LogP contribution in [0.2, 0.25) is 0 Å². The summed E-state index contributed by atoms with van der Waals surface area (Å²) in [6, 6.07) is 1.84. The molecule has 0 aliphatic rings. The van der Waals surface area contributed by atoms with Gasteiger partial charge in [-0.15, -0.1) is 0 Å². The van der Waals surface area contributed by atoms with Crippen LogP contribution in [0.5, 0.6) is 0 Å². The Balaban J connectivity index is 2.63. The zero-order valence-corrected chi connectivity index (χ0v) is 8.42. The highest BCUT2D eigenvalue weighted by molar-refractivity contribution is 5.26. The monoisotopic (exact) mass is 182 g/mol. The van der Waals surface area contributed by atoms with Crippen molar-refractivity contribution in [2.24, 2.45) is 0 Å². The van der Waals surface area contributed by atoms with Crippen molar-refractivity contribution in [1.29, 1.82) is 0 Å². The summed E-state index contributed by atoms with van der Waals surface area (Å²) in [5, 5.41) is 3.95. The minimum absolute atomic E-state index is 0.423. The maximum atomic E-state index is 5.48. The first kappa shape index (κ1) is 10.1. The molecular weight excluding hydrogens is 164 g/mol. The molecule has 0 saturated carbocycles. The fraction of sp³-hybridized carbons (Fsp3) is 0.700. The summed E-state index contributed by atoms with van der Waals surface area (Å²) in [5.41, 5.74) is 6.49. The largest absolute Gasteiger partial charge is 0.368 e. The van der Waals surface area contributed by atoms with E-state index in [0.29, 0.717) is 11.8 Å². The number of aromatic nitrogens is 1. The minimum Gasteiger partial charge on any atom is -0.368 e. The van der Waals surface area contributed by atoms with Gasteiger partial charge in [-0.3, -0.25) is 0 Å². The fourth-order valence-electron chi connectivity index (χ4n) is 1.63. The van der Waals surface area contributed by atoms with Crippen molar-refractivity contribution in [1.82, 2.24) is 5.16 Å². The molecule has 0 aliphatic heterocycles. The molecule has 0 fully saturated rings. The maximum absolute atomic E-state index is 5.48. The lowest BCUT2D eigenvalue weighted by Gasteiger charge is -2.10. The summed E-state index contributed by atoms with van der Waals surface area (Å²) in [5.74, 6) is 0.947. The molecule has 0 aromatic carbocycles. The van der Waals surface area contributed by atoms with E-state index in [1.54, 1.807) is 0 Å². The number of nitrogens with two attached hydrogens (primary N) is 1. The Morgan fingerprint density at radius 1 is 1.38 bits per heavy atom. The van der Waals surface area contributed by atoms with Gasteiger partial charge in [-0.2, -0.15) is 0 Å². The fourth-order valence-corrected chi connectivity index (χ4v) is 1.63. The standard InChI is InChI=1S/C10H18N2O/c1-3-5-8(6-4-2)9-7-10(11)13-12-9/h7-8H,3-6,11H2,1-2H3. The second-order valence-electron chi connectivity index (χ2n) is 3.43. The molecule has 0 aliphatic carbocycles. The Bertz CT molecular complexity index is 239. The van der Waals surface area contributed by atoms with E-state index in [4.69, 9.17) is 10.3 Å². The van der Waals surface area contributed by atoms with E-state index in [1.165, 1.54) is 25.7 Å². The predicted octanol–water partition coefficient (Wildman–Crippen LogP) is 2.94. The summed E-state index contributed by atoms with van der Waals surface area (Å²) >= 11 is 0. The van der Waals surface area contributed by atoms with Gasteiger partial charge >= 0.3 is 0 Å². The molecule has 0 spiro atoms. The van der Waals surface area contributed by atoms with E-state index in [9.17, 15) is 0 Å². The van der Waals surface area contributed by atoms with E-state index in [2.05, 4.69) is 19.0 Å². The van der Waals surface area contributed by atoms with Crippen LogP contribution in [0.4, 0.5) is 5.88 Å². The van der Waals surface area contributed by atoms with Crippen molar-refractivity contribution in [3.8, 4) is 0 Å². The van der Waals surface area contributed by atoms with Gasteiger partial charge in [0, 0.05) is 12.0 Å². The third-order valence-corrected chi connectivity index (χ3v) is 2.24. The molecule has 74 valence electrons. The first-order valence-electron chi connectivity index (χ1n) is 5.00. The van der Waals surface area contributed by atoms with E-state index in [1.807, 2.05) is 6.07 Å². The Morgan fingerprint density at radius 3 is 2.38 bits per heavy atom. The number of hydrogen-bond acceptors (Lipinski definition) is 3. The van der Waals surface area contributed by atoms with Gasteiger partial charge < -0.3 is 10.3 Å². The maximum Gasteiger partial charge on any atom is 0.222 e. The second kappa shape index (κ2) is 4.90. The normalized spacial score (nSPS) is 11.0. The summed E-state index contributed by atoms with van der Waals surface area (Å²) in [7, 11) is 0. The smallest absolute Gasteiger partial charge is 0.222 e. The van der Waals surface area contributed by atoms with Crippen molar-refractivity contribution >= 4 is 5.88 Å². The molecule has 0 bridgehead atoms. The zero-order chi connectivity index (χ0) is 9.68.